The zero-order chi connectivity index (χ0) is 18.7. The number of hydrazone groups is 1. The van der Waals surface area contributed by atoms with Crippen molar-refractivity contribution in [1.29, 1.82) is 0 Å². The smallest absolute Gasteiger partial charge is 0.273 e. The fourth-order valence-corrected chi connectivity index (χ4v) is 2.71. The molecule has 5 nitrogen and oxygen atoms in total. The molecule has 0 aliphatic heterocycles. The second-order valence-corrected chi connectivity index (χ2v) is 6.50. The van der Waals surface area contributed by atoms with Crippen molar-refractivity contribution in [2.75, 3.05) is 19.0 Å². The molecule has 0 unspecified atom stereocenters. The van der Waals surface area contributed by atoms with Crippen LogP contribution in [0, 0.1) is 13.8 Å². The lowest BCUT2D eigenvalue weighted by Crippen LogP contribution is -2.19. The number of hydrogen-bond donors (Lipinski definition) is 1. The Balaban J connectivity index is 1.75. The van der Waals surface area contributed by atoms with Gasteiger partial charge in [0, 0.05) is 25.2 Å². The number of pyridine rings is 1. The van der Waals surface area contributed by atoms with Crippen LogP contribution in [0.5, 0.6) is 0 Å². The fourth-order valence-electron chi connectivity index (χ4n) is 2.71. The van der Waals surface area contributed by atoms with Crippen LogP contribution in [0.25, 0.3) is 10.9 Å². The molecule has 26 heavy (non-hydrogen) atoms. The number of aromatic nitrogens is 1. The van der Waals surface area contributed by atoms with Gasteiger partial charge in [-0.15, -0.1) is 0 Å². The van der Waals surface area contributed by atoms with Crippen molar-refractivity contribution in [2.24, 2.45) is 5.10 Å². The van der Waals surface area contributed by atoms with E-state index in [1.165, 1.54) is 0 Å². The molecule has 0 saturated heterocycles. The first-order chi connectivity index (χ1) is 12.4. The van der Waals surface area contributed by atoms with E-state index in [0.717, 1.165) is 27.7 Å². The predicted molar refractivity (Wildman–Crippen MR) is 107 cm³/mol. The van der Waals surface area contributed by atoms with Gasteiger partial charge >= 0.3 is 0 Å². The summed E-state index contributed by atoms with van der Waals surface area (Å²) in [5, 5.41) is 5.01. The van der Waals surface area contributed by atoms with E-state index in [-0.39, 0.29) is 5.91 Å². The molecule has 0 aliphatic carbocycles. The number of anilines is 1. The summed E-state index contributed by atoms with van der Waals surface area (Å²) in [5.74, 6) is -0.264. The highest BCUT2D eigenvalue weighted by atomic mass is 16.2. The highest BCUT2D eigenvalue weighted by Crippen LogP contribution is 2.18. The van der Waals surface area contributed by atoms with Crippen molar-refractivity contribution in [3.05, 3.63) is 70.9 Å². The standard InChI is InChI=1S/C21H22N4O/c1-14-5-10-20-17(11-14)12-19(15(2)23-20)21(26)24-22-13-16-6-8-18(9-7-16)25(3)4/h5-13H,1-4H3,(H,24,26). The summed E-state index contributed by atoms with van der Waals surface area (Å²) in [6.45, 7) is 3.85. The number of carbonyl (C=O) groups excluding carboxylic acids is 1. The molecule has 0 radical (unpaired) electrons. The van der Waals surface area contributed by atoms with E-state index in [1.54, 1.807) is 6.21 Å². The Labute approximate surface area is 153 Å². The molecule has 2 aromatic carbocycles. The lowest BCUT2D eigenvalue weighted by Gasteiger charge is -2.11. The molecule has 1 aromatic heterocycles. The number of benzene rings is 2. The zero-order valence-electron chi connectivity index (χ0n) is 15.4. The molecule has 1 heterocycles. The summed E-state index contributed by atoms with van der Waals surface area (Å²) in [5.41, 5.74) is 7.84. The van der Waals surface area contributed by atoms with E-state index >= 15 is 0 Å². The number of fused-ring (bicyclic) bond motifs is 1. The van der Waals surface area contributed by atoms with Gasteiger partial charge in [0.1, 0.15) is 0 Å². The first kappa shape index (κ1) is 17.6. The first-order valence-corrected chi connectivity index (χ1v) is 8.43. The number of nitrogens with zero attached hydrogens (tertiary/aromatic N) is 3. The number of amides is 1. The summed E-state index contributed by atoms with van der Waals surface area (Å²) in [7, 11) is 3.98. The Bertz CT molecular complexity index is 975. The van der Waals surface area contributed by atoms with Crippen LogP contribution in [-0.2, 0) is 0 Å². The van der Waals surface area contributed by atoms with Gasteiger partial charge in [-0.3, -0.25) is 9.78 Å². The largest absolute Gasteiger partial charge is 0.378 e. The second kappa shape index (κ2) is 7.35. The summed E-state index contributed by atoms with van der Waals surface area (Å²) in [4.78, 5) is 19.0. The van der Waals surface area contributed by atoms with Gasteiger partial charge in [0.2, 0.25) is 0 Å². The summed E-state index contributed by atoms with van der Waals surface area (Å²) in [6.07, 6.45) is 1.63. The number of aryl methyl sites for hydroxylation is 2. The lowest BCUT2D eigenvalue weighted by molar-refractivity contribution is 0.0954. The third-order valence-corrected chi connectivity index (χ3v) is 4.19. The van der Waals surface area contributed by atoms with Crippen molar-refractivity contribution in [1.82, 2.24) is 10.4 Å². The minimum atomic E-state index is -0.264. The van der Waals surface area contributed by atoms with Crippen LogP contribution in [0.2, 0.25) is 0 Å². The molecule has 3 aromatic rings. The molecule has 0 atom stereocenters. The fraction of sp³-hybridized carbons (Fsp3) is 0.190. The van der Waals surface area contributed by atoms with Crippen LogP contribution in [0.1, 0.15) is 27.2 Å². The molecule has 1 amide bonds. The van der Waals surface area contributed by atoms with Gasteiger partial charge in [-0.1, -0.05) is 23.8 Å². The van der Waals surface area contributed by atoms with E-state index in [0.29, 0.717) is 11.3 Å². The third-order valence-electron chi connectivity index (χ3n) is 4.19. The zero-order valence-corrected chi connectivity index (χ0v) is 15.4. The molecule has 1 N–H and O–H groups in total. The van der Waals surface area contributed by atoms with E-state index in [2.05, 4.69) is 15.5 Å². The van der Waals surface area contributed by atoms with Gasteiger partial charge in [-0.05, 0) is 49.7 Å². The van der Waals surface area contributed by atoms with Crippen molar-refractivity contribution in [3.8, 4) is 0 Å². The highest BCUT2D eigenvalue weighted by molar-refractivity contribution is 5.99. The second-order valence-electron chi connectivity index (χ2n) is 6.50. The van der Waals surface area contributed by atoms with E-state index < -0.39 is 0 Å². The van der Waals surface area contributed by atoms with Crippen LogP contribution in [0.15, 0.2) is 53.6 Å². The highest BCUT2D eigenvalue weighted by Gasteiger charge is 2.11. The topological polar surface area (TPSA) is 57.6 Å². The SMILES string of the molecule is Cc1ccc2nc(C)c(C(=O)NN=Cc3ccc(N(C)C)cc3)cc2c1. The predicted octanol–water partition coefficient (Wildman–Crippen LogP) is 3.68. The van der Waals surface area contributed by atoms with Crippen LogP contribution < -0.4 is 10.3 Å². The minimum Gasteiger partial charge on any atom is -0.378 e. The summed E-state index contributed by atoms with van der Waals surface area (Å²) >= 11 is 0. The van der Waals surface area contributed by atoms with Crippen LogP contribution in [0.4, 0.5) is 5.69 Å². The maximum Gasteiger partial charge on any atom is 0.273 e. The number of hydrogen-bond acceptors (Lipinski definition) is 4. The van der Waals surface area contributed by atoms with Gasteiger partial charge in [0.15, 0.2) is 0 Å². The normalized spacial score (nSPS) is 11.1. The van der Waals surface area contributed by atoms with Crippen LogP contribution in [-0.4, -0.2) is 31.2 Å². The molecule has 0 aliphatic rings. The maximum atomic E-state index is 12.5. The van der Waals surface area contributed by atoms with Crippen molar-refractivity contribution in [3.63, 3.8) is 0 Å². The van der Waals surface area contributed by atoms with Crippen LogP contribution >= 0.6 is 0 Å². The number of rotatable bonds is 4. The Kier molecular flexibility index (Phi) is 4.98. The van der Waals surface area contributed by atoms with E-state index in [9.17, 15) is 4.79 Å². The van der Waals surface area contributed by atoms with Gasteiger partial charge in [0.25, 0.3) is 5.91 Å². The number of carbonyl (C=O) groups is 1. The minimum absolute atomic E-state index is 0.264. The van der Waals surface area contributed by atoms with E-state index in [1.807, 2.05) is 81.4 Å². The summed E-state index contributed by atoms with van der Waals surface area (Å²) in [6, 6.07) is 15.8. The quantitative estimate of drug-likeness (QED) is 0.579. The Hall–Kier alpha value is -3.21. The Morgan fingerprint density at radius 2 is 1.81 bits per heavy atom. The van der Waals surface area contributed by atoms with Gasteiger partial charge < -0.3 is 4.90 Å². The van der Waals surface area contributed by atoms with Crippen LogP contribution in [0.3, 0.4) is 0 Å². The van der Waals surface area contributed by atoms with Gasteiger partial charge in [-0.2, -0.15) is 5.10 Å². The molecular formula is C21H22N4O. The molecule has 0 bridgehead atoms. The van der Waals surface area contributed by atoms with Crippen molar-refractivity contribution >= 4 is 28.7 Å². The molecule has 0 spiro atoms. The average Bonchev–Trinajstić information content (AvgIpc) is 2.61. The Morgan fingerprint density at radius 1 is 1.08 bits per heavy atom. The maximum absolute atomic E-state index is 12.5. The van der Waals surface area contributed by atoms with Gasteiger partial charge in [-0.25, -0.2) is 5.43 Å². The number of nitrogens with one attached hydrogen (secondary N) is 1. The monoisotopic (exact) mass is 346 g/mol. The first-order valence-electron chi connectivity index (χ1n) is 8.43. The van der Waals surface area contributed by atoms with Crippen molar-refractivity contribution < 1.29 is 4.79 Å². The lowest BCUT2D eigenvalue weighted by atomic mass is 10.1. The third kappa shape index (κ3) is 3.88. The molecule has 5 heteroatoms. The van der Waals surface area contributed by atoms with Crippen molar-refractivity contribution in [2.45, 2.75) is 13.8 Å². The average molecular weight is 346 g/mol. The van der Waals surface area contributed by atoms with E-state index in [4.69, 9.17) is 0 Å². The summed E-state index contributed by atoms with van der Waals surface area (Å²) < 4.78 is 0. The van der Waals surface area contributed by atoms with Gasteiger partial charge in [0.05, 0.1) is 23.0 Å². The molecule has 0 saturated carbocycles. The molecular weight excluding hydrogens is 324 g/mol. The Morgan fingerprint density at radius 3 is 2.50 bits per heavy atom. The molecule has 132 valence electrons. The molecule has 0 fully saturated rings. The molecule has 3 rings (SSSR count).